The van der Waals surface area contributed by atoms with Gasteiger partial charge in [0.25, 0.3) is 0 Å². The van der Waals surface area contributed by atoms with E-state index in [1.165, 1.54) is 6.07 Å². The highest BCUT2D eigenvalue weighted by molar-refractivity contribution is 5.85. The number of halogens is 2. The zero-order valence-electron chi connectivity index (χ0n) is 9.57. The number of nitrogens with zero attached hydrogens (tertiary/aromatic N) is 1. The Morgan fingerprint density at radius 3 is 2.88 bits per heavy atom. The molecule has 0 aliphatic carbocycles. The molecule has 1 aromatic carbocycles. The van der Waals surface area contributed by atoms with Gasteiger partial charge in [-0.2, -0.15) is 0 Å². The zero-order valence-corrected chi connectivity index (χ0v) is 10.4. The molecule has 0 N–H and O–H groups in total. The molecule has 0 aromatic heterocycles. The molecule has 0 saturated heterocycles. The van der Waals surface area contributed by atoms with Crippen molar-refractivity contribution < 1.29 is 9.13 Å². The van der Waals surface area contributed by atoms with E-state index in [0.29, 0.717) is 6.61 Å². The molecule has 1 aromatic rings. The molecule has 4 heteroatoms. The molecule has 0 bridgehead atoms. The Morgan fingerprint density at radius 2 is 2.19 bits per heavy atom. The Kier molecular flexibility index (Phi) is 4.71. The lowest BCUT2D eigenvalue weighted by Crippen LogP contribution is -2.27. The predicted octanol–water partition coefficient (Wildman–Crippen LogP) is 2.42. The number of hydrogen-bond acceptors (Lipinski definition) is 2. The molecule has 90 valence electrons. The summed E-state index contributed by atoms with van der Waals surface area (Å²) in [6.45, 7) is 1.42. The Bertz CT molecular complexity index is 357. The molecule has 1 aliphatic heterocycles. The molecule has 1 aliphatic rings. The first-order chi connectivity index (χ1) is 7.18. The summed E-state index contributed by atoms with van der Waals surface area (Å²) in [6.07, 6.45) is 0.696. The standard InChI is InChI=1S/C12H16FNO.ClH/c1-14(2)8-11-12-9(6-7-15-11)4-3-5-10(12)13;/h3-5,11H,6-8H2,1-2H3;1H. The van der Waals surface area contributed by atoms with Crippen LogP contribution < -0.4 is 0 Å². The normalized spacial score (nSPS) is 19.1. The van der Waals surface area contributed by atoms with Crippen molar-refractivity contribution in [2.24, 2.45) is 0 Å². The summed E-state index contributed by atoms with van der Waals surface area (Å²) in [7, 11) is 3.94. The van der Waals surface area contributed by atoms with Crippen molar-refractivity contribution in [1.82, 2.24) is 4.90 Å². The summed E-state index contributed by atoms with van der Waals surface area (Å²) >= 11 is 0. The second-order valence-corrected chi connectivity index (χ2v) is 4.18. The maximum absolute atomic E-state index is 13.7. The van der Waals surface area contributed by atoms with Crippen molar-refractivity contribution >= 4 is 12.4 Å². The highest BCUT2D eigenvalue weighted by Crippen LogP contribution is 2.29. The number of hydrogen-bond donors (Lipinski definition) is 0. The predicted molar refractivity (Wildman–Crippen MR) is 64.6 cm³/mol. The lowest BCUT2D eigenvalue weighted by Gasteiger charge is -2.28. The Hall–Kier alpha value is -0.640. The van der Waals surface area contributed by atoms with Gasteiger partial charge in [0, 0.05) is 12.1 Å². The van der Waals surface area contributed by atoms with Gasteiger partial charge in [-0.05, 0) is 32.1 Å². The summed E-state index contributed by atoms with van der Waals surface area (Å²) in [5.74, 6) is -0.140. The largest absolute Gasteiger partial charge is 0.372 e. The molecule has 16 heavy (non-hydrogen) atoms. The van der Waals surface area contributed by atoms with Gasteiger partial charge in [-0.15, -0.1) is 12.4 Å². The fraction of sp³-hybridized carbons (Fsp3) is 0.500. The fourth-order valence-electron chi connectivity index (χ4n) is 2.03. The molecule has 0 amide bonds. The number of likely N-dealkylation sites (N-methyl/N-ethyl adjacent to an activating group) is 1. The molecular weight excluding hydrogens is 229 g/mol. The lowest BCUT2D eigenvalue weighted by atomic mass is 9.97. The third-order valence-corrected chi connectivity index (χ3v) is 2.69. The molecule has 1 heterocycles. The van der Waals surface area contributed by atoms with Crippen LogP contribution in [0.25, 0.3) is 0 Å². The Balaban J connectivity index is 0.00000128. The molecule has 0 radical (unpaired) electrons. The van der Waals surface area contributed by atoms with E-state index in [9.17, 15) is 4.39 Å². The van der Waals surface area contributed by atoms with E-state index >= 15 is 0 Å². The van der Waals surface area contributed by atoms with Gasteiger partial charge >= 0.3 is 0 Å². The smallest absolute Gasteiger partial charge is 0.129 e. The van der Waals surface area contributed by atoms with E-state index in [1.807, 2.05) is 25.1 Å². The lowest BCUT2D eigenvalue weighted by molar-refractivity contribution is 0.0228. The molecule has 0 spiro atoms. The topological polar surface area (TPSA) is 12.5 Å². The van der Waals surface area contributed by atoms with Gasteiger partial charge in [0.1, 0.15) is 5.82 Å². The van der Waals surface area contributed by atoms with E-state index in [0.717, 1.165) is 24.1 Å². The van der Waals surface area contributed by atoms with Gasteiger partial charge in [0.2, 0.25) is 0 Å². The fourth-order valence-corrected chi connectivity index (χ4v) is 2.03. The van der Waals surface area contributed by atoms with E-state index in [4.69, 9.17) is 4.74 Å². The maximum atomic E-state index is 13.7. The van der Waals surface area contributed by atoms with Crippen molar-refractivity contribution in [3.63, 3.8) is 0 Å². The number of ether oxygens (including phenoxy) is 1. The Labute approximate surface area is 102 Å². The second-order valence-electron chi connectivity index (χ2n) is 4.18. The van der Waals surface area contributed by atoms with Crippen LogP contribution in [0, 0.1) is 5.82 Å². The minimum Gasteiger partial charge on any atom is -0.372 e. The Morgan fingerprint density at radius 1 is 1.44 bits per heavy atom. The third kappa shape index (κ3) is 2.73. The van der Waals surface area contributed by atoms with Crippen LogP contribution in [0.4, 0.5) is 4.39 Å². The molecule has 0 fully saturated rings. The van der Waals surface area contributed by atoms with Gasteiger partial charge < -0.3 is 9.64 Å². The maximum Gasteiger partial charge on any atom is 0.129 e. The molecule has 2 nitrogen and oxygen atoms in total. The minimum absolute atomic E-state index is 0. The van der Waals surface area contributed by atoms with Gasteiger partial charge in [-0.25, -0.2) is 4.39 Å². The SMILES string of the molecule is CN(C)CC1OCCc2cccc(F)c21.Cl. The summed E-state index contributed by atoms with van der Waals surface area (Å²) in [5.41, 5.74) is 1.84. The van der Waals surface area contributed by atoms with Crippen molar-refractivity contribution in [2.75, 3.05) is 27.2 Å². The van der Waals surface area contributed by atoms with E-state index < -0.39 is 0 Å². The summed E-state index contributed by atoms with van der Waals surface area (Å²) < 4.78 is 19.3. The third-order valence-electron chi connectivity index (χ3n) is 2.69. The first kappa shape index (κ1) is 13.4. The molecular formula is C12H17ClFNO. The van der Waals surface area contributed by atoms with E-state index in [1.54, 1.807) is 6.07 Å². The van der Waals surface area contributed by atoms with Crippen LogP contribution in [-0.4, -0.2) is 32.1 Å². The average molecular weight is 246 g/mol. The first-order valence-electron chi connectivity index (χ1n) is 5.22. The summed E-state index contributed by atoms with van der Waals surface area (Å²) in [4.78, 5) is 2.02. The monoisotopic (exact) mass is 245 g/mol. The number of fused-ring (bicyclic) bond motifs is 1. The van der Waals surface area contributed by atoms with Gasteiger partial charge in [0.05, 0.1) is 12.7 Å². The average Bonchev–Trinajstić information content (AvgIpc) is 2.17. The number of rotatable bonds is 2. The first-order valence-corrected chi connectivity index (χ1v) is 5.22. The van der Waals surface area contributed by atoms with E-state index in [2.05, 4.69) is 0 Å². The van der Waals surface area contributed by atoms with Crippen molar-refractivity contribution in [1.29, 1.82) is 0 Å². The van der Waals surface area contributed by atoms with Gasteiger partial charge in [0.15, 0.2) is 0 Å². The molecule has 1 unspecified atom stereocenters. The van der Waals surface area contributed by atoms with Gasteiger partial charge in [-0.3, -0.25) is 0 Å². The van der Waals surface area contributed by atoms with Crippen LogP contribution in [0.1, 0.15) is 17.2 Å². The zero-order chi connectivity index (χ0) is 10.8. The van der Waals surface area contributed by atoms with E-state index in [-0.39, 0.29) is 24.3 Å². The van der Waals surface area contributed by atoms with Crippen LogP contribution in [-0.2, 0) is 11.2 Å². The molecule has 2 rings (SSSR count). The summed E-state index contributed by atoms with van der Waals surface area (Å²) in [6, 6.07) is 5.27. The number of benzene rings is 1. The van der Waals surface area contributed by atoms with Crippen LogP contribution in [0.2, 0.25) is 0 Å². The highest BCUT2D eigenvalue weighted by Gasteiger charge is 2.24. The summed E-state index contributed by atoms with van der Waals surface area (Å²) in [5, 5.41) is 0. The van der Waals surface area contributed by atoms with Crippen LogP contribution in [0.15, 0.2) is 18.2 Å². The minimum atomic E-state index is -0.140. The van der Waals surface area contributed by atoms with Crippen molar-refractivity contribution in [2.45, 2.75) is 12.5 Å². The van der Waals surface area contributed by atoms with Crippen molar-refractivity contribution in [3.05, 3.63) is 35.1 Å². The van der Waals surface area contributed by atoms with Gasteiger partial charge in [-0.1, -0.05) is 12.1 Å². The van der Waals surface area contributed by atoms with Crippen LogP contribution >= 0.6 is 12.4 Å². The molecule has 0 saturated carbocycles. The molecule has 1 atom stereocenters. The van der Waals surface area contributed by atoms with Crippen LogP contribution in [0.5, 0.6) is 0 Å². The second kappa shape index (κ2) is 5.62. The quantitative estimate of drug-likeness (QED) is 0.794. The van der Waals surface area contributed by atoms with Crippen LogP contribution in [0.3, 0.4) is 0 Å². The van der Waals surface area contributed by atoms with Crippen molar-refractivity contribution in [3.8, 4) is 0 Å². The highest BCUT2D eigenvalue weighted by atomic mass is 35.5.